The first kappa shape index (κ1) is 12.2. The summed E-state index contributed by atoms with van der Waals surface area (Å²) in [4.78, 5) is 0. The molecule has 0 amide bonds. The van der Waals surface area contributed by atoms with Crippen LogP contribution in [0.3, 0.4) is 0 Å². The van der Waals surface area contributed by atoms with E-state index in [2.05, 4.69) is 15.9 Å². The molecule has 1 aromatic rings. The average Bonchev–Trinajstić information content (AvgIpc) is 2.33. The average molecular weight is 306 g/mol. The number of hydrogen-bond donors (Lipinski definition) is 0. The molecule has 4 heteroatoms. The molecule has 0 aromatic heterocycles. The van der Waals surface area contributed by atoms with Crippen molar-refractivity contribution >= 4 is 27.5 Å². The lowest BCUT2D eigenvalue weighted by molar-refractivity contribution is 0.0249. The van der Waals surface area contributed by atoms with Crippen LogP contribution in [-0.4, -0.2) is 19.3 Å². The van der Waals surface area contributed by atoms with E-state index < -0.39 is 0 Å². The van der Waals surface area contributed by atoms with Gasteiger partial charge in [0, 0.05) is 18.4 Å². The Morgan fingerprint density at radius 3 is 2.81 bits per heavy atom. The molecular formula is C12H14BrClO2. The molecule has 88 valence electrons. The zero-order chi connectivity index (χ0) is 11.4. The fourth-order valence-corrected chi connectivity index (χ4v) is 2.46. The minimum Gasteiger partial charge on any atom is -0.489 e. The van der Waals surface area contributed by atoms with Gasteiger partial charge in [-0.05, 0) is 22.0 Å². The SMILES string of the molecule is ClCc1cccc(Br)c1OC1CCOCC1. The summed E-state index contributed by atoms with van der Waals surface area (Å²) in [5, 5.41) is 0. The maximum atomic E-state index is 6.00. The number of alkyl halides is 1. The Morgan fingerprint density at radius 2 is 2.12 bits per heavy atom. The van der Waals surface area contributed by atoms with Crippen LogP contribution in [-0.2, 0) is 10.6 Å². The van der Waals surface area contributed by atoms with E-state index in [0.29, 0.717) is 5.88 Å². The van der Waals surface area contributed by atoms with Crippen molar-refractivity contribution in [1.82, 2.24) is 0 Å². The molecule has 1 aliphatic heterocycles. The Kier molecular flexibility index (Phi) is 4.50. The Hall–Kier alpha value is -0.250. The molecule has 1 saturated heterocycles. The molecule has 0 N–H and O–H groups in total. The van der Waals surface area contributed by atoms with Gasteiger partial charge in [-0.3, -0.25) is 0 Å². The van der Waals surface area contributed by atoms with E-state index in [4.69, 9.17) is 21.1 Å². The first-order valence-electron chi connectivity index (χ1n) is 5.39. The molecule has 1 heterocycles. The van der Waals surface area contributed by atoms with Crippen LogP contribution in [0.2, 0.25) is 0 Å². The van der Waals surface area contributed by atoms with Crippen molar-refractivity contribution in [2.75, 3.05) is 13.2 Å². The van der Waals surface area contributed by atoms with Gasteiger partial charge in [0.05, 0.1) is 23.6 Å². The predicted octanol–water partition coefficient (Wildman–Crippen LogP) is 3.75. The molecule has 0 radical (unpaired) electrons. The molecule has 1 aliphatic rings. The Bertz CT molecular complexity index is 351. The third-order valence-electron chi connectivity index (χ3n) is 2.65. The zero-order valence-corrected chi connectivity index (χ0v) is 11.3. The maximum absolute atomic E-state index is 6.00. The molecule has 16 heavy (non-hydrogen) atoms. The molecule has 0 atom stereocenters. The summed E-state index contributed by atoms with van der Waals surface area (Å²) in [5.74, 6) is 1.35. The monoisotopic (exact) mass is 304 g/mol. The van der Waals surface area contributed by atoms with E-state index in [1.807, 2.05) is 18.2 Å². The second kappa shape index (κ2) is 5.89. The topological polar surface area (TPSA) is 18.5 Å². The largest absolute Gasteiger partial charge is 0.489 e. The summed E-state index contributed by atoms with van der Waals surface area (Å²) in [7, 11) is 0. The van der Waals surface area contributed by atoms with Gasteiger partial charge in [0.15, 0.2) is 0 Å². The van der Waals surface area contributed by atoms with E-state index >= 15 is 0 Å². The van der Waals surface area contributed by atoms with E-state index in [1.165, 1.54) is 0 Å². The van der Waals surface area contributed by atoms with Gasteiger partial charge >= 0.3 is 0 Å². The van der Waals surface area contributed by atoms with Crippen LogP contribution in [0.5, 0.6) is 5.75 Å². The van der Waals surface area contributed by atoms with Crippen molar-refractivity contribution < 1.29 is 9.47 Å². The van der Waals surface area contributed by atoms with E-state index in [1.54, 1.807) is 0 Å². The Balaban J connectivity index is 2.12. The molecule has 1 fully saturated rings. The molecule has 0 spiro atoms. The quantitative estimate of drug-likeness (QED) is 0.792. The van der Waals surface area contributed by atoms with Gasteiger partial charge in [-0.2, -0.15) is 0 Å². The third kappa shape index (κ3) is 2.90. The summed E-state index contributed by atoms with van der Waals surface area (Å²) in [6.45, 7) is 1.57. The second-order valence-electron chi connectivity index (χ2n) is 3.79. The first-order chi connectivity index (χ1) is 7.81. The molecule has 0 aliphatic carbocycles. The standard InChI is InChI=1S/C12H14BrClO2/c13-11-3-1-2-9(8-14)12(11)16-10-4-6-15-7-5-10/h1-3,10H,4-8H2. The van der Waals surface area contributed by atoms with Crippen molar-refractivity contribution in [2.24, 2.45) is 0 Å². The lowest BCUT2D eigenvalue weighted by atomic mass is 10.1. The van der Waals surface area contributed by atoms with Gasteiger partial charge in [-0.15, -0.1) is 11.6 Å². The molecular weight excluding hydrogens is 291 g/mol. The van der Waals surface area contributed by atoms with Crippen LogP contribution < -0.4 is 4.74 Å². The molecule has 0 unspecified atom stereocenters. The van der Waals surface area contributed by atoms with Gasteiger partial charge in [0.25, 0.3) is 0 Å². The third-order valence-corrected chi connectivity index (χ3v) is 3.56. The van der Waals surface area contributed by atoms with Gasteiger partial charge in [-0.25, -0.2) is 0 Å². The normalized spacial score (nSPS) is 17.4. The highest BCUT2D eigenvalue weighted by Gasteiger charge is 2.18. The van der Waals surface area contributed by atoms with Crippen LogP contribution in [0.15, 0.2) is 22.7 Å². The maximum Gasteiger partial charge on any atom is 0.138 e. The van der Waals surface area contributed by atoms with Gasteiger partial charge in [0.2, 0.25) is 0 Å². The number of para-hydroxylation sites is 1. The van der Waals surface area contributed by atoms with Crippen molar-refractivity contribution in [1.29, 1.82) is 0 Å². The Morgan fingerprint density at radius 1 is 1.38 bits per heavy atom. The van der Waals surface area contributed by atoms with Crippen molar-refractivity contribution in [2.45, 2.75) is 24.8 Å². The lowest BCUT2D eigenvalue weighted by Gasteiger charge is -2.25. The summed E-state index contributed by atoms with van der Waals surface area (Å²) >= 11 is 9.40. The summed E-state index contributed by atoms with van der Waals surface area (Å²) < 4.78 is 12.3. The number of ether oxygens (including phenoxy) is 2. The van der Waals surface area contributed by atoms with Crippen LogP contribution in [0.4, 0.5) is 0 Å². The highest BCUT2D eigenvalue weighted by atomic mass is 79.9. The molecule has 2 rings (SSSR count). The smallest absolute Gasteiger partial charge is 0.138 e. The number of benzene rings is 1. The second-order valence-corrected chi connectivity index (χ2v) is 4.91. The minimum atomic E-state index is 0.245. The number of hydrogen-bond acceptors (Lipinski definition) is 2. The van der Waals surface area contributed by atoms with E-state index in [9.17, 15) is 0 Å². The highest BCUT2D eigenvalue weighted by molar-refractivity contribution is 9.10. The fraction of sp³-hybridized carbons (Fsp3) is 0.500. The lowest BCUT2D eigenvalue weighted by Crippen LogP contribution is -2.26. The van der Waals surface area contributed by atoms with Crippen molar-refractivity contribution in [3.8, 4) is 5.75 Å². The summed E-state index contributed by atoms with van der Waals surface area (Å²) in [6.07, 6.45) is 2.14. The molecule has 0 bridgehead atoms. The minimum absolute atomic E-state index is 0.245. The number of halogens is 2. The molecule has 2 nitrogen and oxygen atoms in total. The van der Waals surface area contributed by atoms with Crippen LogP contribution in [0.1, 0.15) is 18.4 Å². The van der Waals surface area contributed by atoms with Crippen LogP contribution in [0, 0.1) is 0 Å². The van der Waals surface area contributed by atoms with Crippen LogP contribution >= 0.6 is 27.5 Å². The zero-order valence-electron chi connectivity index (χ0n) is 8.92. The van der Waals surface area contributed by atoms with Gasteiger partial charge in [0.1, 0.15) is 11.9 Å². The molecule has 0 saturated carbocycles. The summed E-state index contributed by atoms with van der Waals surface area (Å²) in [6, 6.07) is 5.94. The van der Waals surface area contributed by atoms with Gasteiger partial charge < -0.3 is 9.47 Å². The highest BCUT2D eigenvalue weighted by Crippen LogP contribution is 2.32. The first-order valence-corrected chi connectivity index (χ1v) is 6.72. The molecule has 1 aromatic carbocycles. The van der Waals surface area contributed by atoms with E-state index in [-0.39, 0.29) is 6.10 Å². The van der Waals surface area contributed by atoms with Crippen molar-refractivity contribution in [3.63, 3.8) is 0 Å². The summed E-state index contributed by atoms with van der Waals surface area (Å²) in [5.41, 5.74) is 1.03. The number of rotatable bonds is 3. The van der Waals surface area contributed by atoms with Gasteiger partial charge in [-0.1, -0.05) is 12.1 Å². The predicted molar refractivity (Wildman–Crippen MR) is 68.2 cm³/mol. The van der Waals surface area contributed by atoms with E-state index in [0.717, 1.165) is 41.8 Å². The van der Waals surface area contributed by atoms with Crippen LogP contribution in [0.25, 0.3) is 0 Å². The van der Waals surface area contributed by atoms with Crippen molar-refractivity contribution in [3.05, 3.63) is 28.2 Å². The fourth-order valence-electron chi connectivity index (χ4n) is 1.75. The Labute approximate surface area is 109 Å².